The number of nitrogen functional groups attached to an aromatic ring is 1. The first kappa shape index (κ1) is 13.3. The number of hydrogen-bond donors (Lipinski definition) is 2. The van der Waals surface area contributed by atoms with Crippen molar-refractivity contribution in [3.05, 3.63) is 59.4 Å². The molecule has 0 bridgehead atoms. The highest BCUT2D eigenvalue weighted by molar-refractivity contribution is 5.65. The Balaban J connectivity index is 2.00. The van der Waals surface area contributed by atoms with Crippen LogP contribution < -0.4 is 11.1 Å². The lowest BCUT2D eigenvalue weighted by Gasteiger charge is -2.10. The van der Waals surface area contributed by atoms with E-state index in [1.807, 2.05) is 0 Å². The third-order valence-corrected chi connectivity index (χ3v) is 2.73. The van der Waals surface area contributed by atoms with E-state index in [1.165, 1.54) is 18.2 Å². The Morgan fingerprint density at radius 3 is 2.42 bits per heavy atom. The fourth-order valence-corrected chi connectivity index (χ4v) is 1.75. The van der Waals surface area contributed by atoms with E-state index in [0.717, 1.165) is 18.2 Å². The standard InChI is InChI=1S/C14H13F3N2/c15-10-1-3-12(17)9(7-10)5-6-19-14-8-11(16)2-4-13(14)18/h1-4,7-8,19H,5-6,18H2. The fourth-order valence-electron chi connectivity index (χ4n) is 1.75. The normalized spacial score (nSPS) is 10.5. The van der Waals surface area contributed by atoms with Gasteiger partial charge in [0.25, 0.3) is 0 Å². The molecule has 0 aliphatic carbocycles. The molecule has 3 N–H and O–H groups in total. The van der Waals surface area contributed by atoms with Gasteiger partial charge in [0, 0.05) is 6.54 Å². The van der Waals surface area contributed by atoms with Crippen LogP contribution in [-0.4, -0.2) is 6.54 Å². The highest BCUT2D eigenvalue weighted by Gasteiger charge is 2.05. The van der Waals surface area contributed by atoms with Crippen molar-refractivity contribution < 1.29 is 13.2 Å². The van der Waals surface area contributed by atoms with Crippen molar-refractivity contribution >= 4 is 11.4 Å². The van der Waals surface area contributed by atoms with Crippen molar-refractivity contribution in [1.29, 1.82) is 0 Å². The Labute approximate surface area is 109 Å². The zero-order chi connectivity index (χ0) is 13.8. The van der Waals surface area contributed by atoms with E-state index in [9.17, 15) is 13.2 Å². The predicted molar refractivity (Wildman–Crippen MR) is 69.4 cm³/mol. The number of rotatable bonds is 4. The van der Waals surface area contributed by atoms with Gasteiger partial charge in [-0.25, -0.2) is 13.2 Å². The van der Waals surface area contributed by atoms with Gasteiger partial charge >= 0.3 is 0 Å². The summed E-state index contributed by atoms with van der Waals surface area (Å²) in [4.78, 5) is 0. The average Bonchev–Trinajstić information content (AvgIpc) is 2.38. The van der Waals surface area contributed by atoms with E-state index in [2.05, 4.69) is 5.32 Å². The van der Waals surface area contributed by atoms with Gasteiger partial charge < -0.3 is 11.1 Å². The molecule has 0 saturated heterocycles. The second-order valence-electron chi connectivity index (χ2n) is 4.14. The van der Waals surface area contributed by atoms with Gasteiger partial charge in [0.15, 0.2) is 0 Å². The maximum absolute atomic E-state index is 13.4. The molecular formula is C14H13F3N2. The van der Waals surface area contributed by atoms with Gasteiger partial charge in [0.05, 0.1) is 11.4 Å². The van der Waals surface area contributed by atoms with E-state index in [-0.39, 0.29) is 12.0 Å². The van der Waals surface area contributed by atoms with Gasteiger partial charge in [-0.05, 0) is 48.4 Å². The highest BCUT2D eigenvalue weighted by atomic mass is 19.1. The number of nitrogens with one attached hydrogen (secondary N) is 1. The quantitative estimate of drug-likeness (QED) is 0.833. The molecule has 2 aromatic rings. The Bertz CT molecular complexity index is 533. The van der Waals surface area contributed by atoms with E-state index < -0.39 is 17.5 Å². The second kappa shape index (κ2) is 5.65. The summed E-state index contributed by atoms with van der Waals surface area (Å²) in [6.45, 7) is 0.327. The molecule has 0 amide bonds. The summed E-state index contributed by atoms with van der Waals surface area (Å²) in [5, 5.41) is 2.89. The molecule has 0 aliphatic rings. The lowest BCUT2D eigenvalue weighted by Crippen LogP contribution is -2.08. The van der Waals surface area contributed by atoms with Crippen molar-refractivity contribution in [3.63, 3.8) is 0 Å². The molecule has 19 heavy (non-hydrogen) atoms. The number of benzene rings is 2. The second-order valence-corrected chi connectivity index (χ2v) is 4.14. The van der Waals surface area contributed by atoms with Gasteiger partial charge in [-0.1, -0.05) is 0 Å². The average molecular weight is 266 g/mol. The third-order valence-electron chi connectivity index (χ3n) is 2.73. The van der Waals surface area contributed by atoms with Crippen LogP contribution in [0.1, 0.15) is 5.56 Å². The highest BCUT2D eigenvalue weighted by Crippen LogP contribution is 2.19. The number of nitrogens with two attached hydrogens (primary N) is 1. The summed E-state index contributed by atoms with van der Waals surface area (Å²) in [7, 11) is 0. The lowest BCUT2D eigenvalue weighted by molar-refractivity contribution is 0.586. The molecule has 0 aromatic heterocycles. The molecule has 0 heterocycles. The van der Waals surface area contributed by atoms with E-state index >= 15 is 0 Å². The molecule has 0 radical (unpaired) electrons. The lowest BCUT2D eigenvalue weighted by atomic mass is 10.1. The first-order valence-corrected chi connectivity index (χ1v) is 5.79. The molecule has 0 fully saturated rings. The molecule has 0 unspecified atom stereocenters. The number of anilines is 2. The molecular weight excluding hydrogens is 253 g/mol. The smallest absolute Gasteiger partial charge is 0.126 e. The largest absolute Gasteiger partial charge is 0.397 e. The zero-order valence-electron chi connectivity index (χ0n) is 10.1. The van der Waals surface area contributed by atoms with E-state index in [1.54, 1.807) is 0 Å². The van der Waals surface area contributed by atoms with Gasteiger partial charge in [0.1, 0.15) is 17.5 Å². The molecule has 0 spiro atoms. The van der Waals surface area contributed by atoms with Gasteiger partial charge in [-0.3, -0.25) is 0 Å². The Kier molecular flexibility index (Phi) is 3.94. The minimum Gasteiger partial charge on any atom is -0.397 e. The minimum absolute atomic E-state index is 0.266. The molecule has 100 valence electrons. The summed E-state index contributed by atoms with van der Waals surface area (Å²) in [5.41, 5.74) is 6.77. The SMILES string of the molecule is Nc1ccc(F)cc1NCCc1cc(F)ccc1F. The molecule has 0 saturated carbocycles. The number of halogens is 3. The minimum atomic E-state index is -0.485. The van der Waals surface area contributed by atoms with Crippen LogP contribution >= 0.6 is 0 Å². The van der Waals surface area contributed by atoms with Crippen LogP contribution in [0.3, 0.4) is 0 Å². The van der Waals surface area contributed by atoms with Crippen LogP contribution in [-0.2, 0) is 6.42 Å². The summed E-state index contributed by atoms with van der Waals surface area (Å²) < 4.78 is 39.3. The Morgan fingerprint density at radius 2 is 1.63 bits per heavy atom. The number of hydrogen-bond acceptors (Lipinski definition) is 2. The fraction of sp³-hybridized carbons (Fsp3) is 0.143. The van der Waals surface area contributed by atoms with Crippen molar-refractivity contribution in [2.45, 2.75) is 6.42 Å². The van der Waals surface area contributed by atoms with E-state index in [0.29, 0.717) is 17.9 Å². The van der Waals surface area contributed by atoms with Gasteiger partial charge in [-0.2, -0.15) is 0 Å². The molecule has 2 nitrogen and oxygen atoms in total. The molecule has 0 atom stereocenters. The maximum atomic E-state index is 13.4. The molecule has 2 aromatic carbocycles. The monoisotopic (exact) mass is 266 g/mol. The van der Waals surface area contributed by atoms with Gasteiger partial charge in [-0.15, -0.1) is 0 Å². The Morgan fingerprint density at radius 1 is 0.947 bits per heavy atom. The molecule has 0 aliphatic heterocycles. The van der Waals surface area contributed by atoms with Crippen LogP contribution in [0.25, 0.3) is 0 Å². The predicted octanol–water partition coefficient (Wildman–Crippen LogP) is 3.34. The van der Waals surface area contributed by atoms with Crippen molar-refractivity contribution in [1.82, 2.24) is 0 Å². The van der Waals surface area contributed by atoms with Crippen LogP contribution in [0.5, 0.6) is 0 Å². The summed E-state index contributed by atoms with van der Waals surface area (Å²) in [6.07, 6.45) is 0.277. The summed E-state index contributed by atoms with van der Waals surface area (Å²) >= 11 is 0. The third kappa shape index (κ3) is 3.40. The first-order valence-electron chi connectivity index (χ1n) is 5.79. The van der Waals surface area contributed by atoms with Crippen LogP contribution in [0.2, 0.25) is 0 Å². The van der Waals surface area contributed by atoms with Crippen molar-refractivity contribution in [2.75, 3.05) is 17.6 Å². The van der Waals surface area contributed by atoms with Crippen molar-refractivity contribution in [2.24, 2.45) is 0 Å². The van der Waals surface area contributed by atoms with Crippen LogP contribution in [0.4, 0.5) is 24.5 Å². The van der Waals surface area contributed by atoms with E-state index in [4.69, 9.17) is 5.73 Å². The topological polar surface area (TPSA) is 38.0 Å². The summed E-state index contributed by atoms with van der Waals surface area (Å²) in [5.74, 6) is -1.36. The molecule has 2 rings (SSSR count). The zero-order valence-corrected chi connectivity index (χ0v) is 10.1. The molecule has 5 heteroatoms. The maximum Gasteiger partial charge on any atom is 0.126 e. The van der Waals surface area contributed by atoms with Gasteiger partial charge in [0.2, 0.25) is 0 Å². The Hall–Kier alpha value is -2.17. The van der Waals surface area contributed by atoms with Crippen LogP contribution in [0.15, 0.2) is 36.4 Å². The summed E-state index contributed by atoms with van der Waals surface area (Å²) in [6, 6.07) is 7.26. The van der Waals surface area contributed by atoms with Crippen LogP contribution in [0, 0.1) is 17.5 Å². The first-order chi connectivity index (χ1) is 9.06. The van der Waals surface area contributed by atoms with Crippen molar-refractivity contribution in [3.8, 4) is 0 Å².